The maximum atomic E-state index is 12.8. The molecule has 0 bridgehead atoms. The van der Waals surface area contributed by atoms with Crippen molar-refractivity contribution < 1.29 is 9.90 Å². The molecule has 1 amide bonds. The molecule has 1 aromatic heterocycles. The first-order chi connectivity index (χ1) is 14.1. The fourth-order valence-electron chi connectivity index (χ4n) is 3.42. The van der Waals surface area contributed by atoms with Gasteiger partial charge in [0.15, 0.2) is 0 Å². The number of hydrogen-bond acceptors (Lipinski definition) is 5. The first-order valence-corrected chi connectivity index (χ1v) is 9.90. The molecule has 0 aliphatic carbocycles. The van der Waals surface area contributed by atoms with E-state index in [4.69, 9.17) is 11.6 Å². The Balaban J connectivity index is 1.35. The minimum Gasteiger partial charge on any atom is -0.386 e. The van der Waals surface area contributed by atoms with Crippen molar-refractivity contribution in [3.63, 3.8) is 0 Å². The molecule has 0 radical (unpaired) electrons. The van der Waals surface area contributed by atoms with Crippen LogP contribution in [0.5, 0.6) is 0 Å². The first-order valence-electron chi connectivity index (χ1n) is 9.52. The summed E-state index contributed by atoms with van der Waals surface area (Å²) in [5.41, 5.74) is 1.86. The van der Waals surface area contributed by atoms with Gasteiger partial charge in [0.2, 0.25) is 5.82 Å². The van der Waals surface area contributed by atoms with Gasteiger partial charge in [-0.25, -0.2) is 9.67 Å². The zero-order valence-corrected chi connectivity index (χ0v) is 16.6. The minimum atomic E-state index is -0.706. The van der Waals surface area contributed by atoms with Gasteiger partial charge in [0.05, 0.1) is 12.6 Å². The summed E-state index contributed by atoms with van der Waals surface area (Å²) < 4.78 is 1.51. The lowest BCUT2D eigenvalue weighted by atomic mass is 10.1. The molecule has 0 spiro atoms. The van der Waals surface area contributed by atoms with Gasteiger partial charge >= 0.3 is 0 Å². The van der Waals surface area contributed by atoms with Gasteiger partial charge in [-0.05, 0) is 23.8 Å². The average molecular weight is 412 g/mol. The molecule has 0 saturated carbocycles. The summed E-state index contributed by atoms with van der Waals surface area (Å²) in [6.07, 6.45) is 0.781. The van der Waals surface area contributed by atoms with Crippen LogP contribution in [0.25, 0.3) is 0 Å². The van der Waals surface area contributed by atoms with Crippen molar-refractivity contribution in [1.82, 2.24) is 19.7 Å². The van der Waals surface area contributed by atoms with Gasteiger partial charge in [0.1, 0.15) is 6.33 Å². The second kappa shape index (κ2) is 8.63. The summed E-state index contributed by atoms with van der Waals surface area (Å²) >= 11 is 6.07. The van der Waals surface area contributed by atoms with Gasteiger partial charge in [0, 0.05) is 36.9 Å². The van der Waals surface area contributed by atoms with Crippen molar-refractivity contribution in [3.05, 3.63) is 77.3 Å². The molecule has 150 valence electrons. The normalized spacial score (nSPS) is 15.4. The van der Waals surface area contributed by atoms with E-state index >= 15 is 0 Å². The summed E-state index contributed by atoms with van der Waals surface area (Å²) in [5.74, 6) is -0.0369. The molecular weight excluding hydrogens is 390 g/mol. The van der Waals surface area contributed by atoms with Crippen LogP contribution in [0, 0.1) is 0 Å². The Morgan fingerprint density at radius 1 is 1.07 bits per heavy atom. The van der Waals surface area contributed by atoms with Crippen molar-refractivity contribution in [2.45, 2.75) is 12.6 Å². The zero-order valence-electron chi connectivity index (χ0n) is 15.9. The third kappa shape index (κ3) is 4.58. The van der Waals surface area contributed by atoms with Crippen LogP contribution in [0.4, 0.5) is 5.69 Å². The number of halogens is 1. The number of carbonyl (C=O) groups excluding carboxylic acids is 1. The molecule has 4 rings (SSSR count). The highest BCUT2D eigenvalue weighted by Crippen LogP contribution is 2.21. The molecule has 1 atom stereocenters. The molecule has 1 N–H and O–H groups in total. The Kier molecular flexibility index (Phi) is 5.78. The molecule has 1 fully saturated rings. The molecule has 8 heteroatoms. The van der Waals surface area contributed by atoms with E-state index in [0.29, 0.717) is 18.1 Å². The third-order valence-corrected chi connectivity index (χ3v) is 5.25. The highest BCUT2D eigenvalue weighted by Gasteiger charge is 2.25. The molecule has 1 aliphatic rings. The molecule has 0 unspecified atom stereocenters. The lowest BCUT2D eigenvalue weighted by Crippen LogP contribution is -2.49. The summed E-state index contributed by atoms with van der Waals surface area (Å²) in [6, 6.07) is 17.1. The minimum absolute atomic E-state index is 0.154. The Morgan fingerprint density at radius 2 is 1.83 bits per heavy atom. The summed E-state index contributed by atoms with van der Waals surface area (Å²) in [6.45, 7) is 2.87. The lowest BCUT2D eigenvalue weighted by Gasteiger charge is -2.35. The van der Waals surface area contributed by atoms with Crippen LogP contribution in [0.3, 0.4) is 0 Å². The van der Waals surface area contributed by atoms with E-state index in [1.807, 2.05) is 54.6 Å². The Labute approximate surface area is 174 Å². The van der Waals surface area contributed by atoms with Gasteiger partial charge in [-0.1, -0.05) is 48.0 Å². The topological polar surface area (TPSA) is 74.5 Å². The maximum absolute atomic E-state index is 12.8. The number of aliphatic hydroxyl groups is 1. The van der Waals surface area contributed by atoms with Crippen LogP contribution >= 0.6 is 11.6 Å². The highest BCUT2D eigenvalue weighted by molar-refractivity contribution is 6.30. The summed E-state index contributed by atoms with van der Waals surface area (Å²) in [5, 5.41) is 15.3. The number of benzene rings is 2. The number of aliphatic hydroxyl groups excluding tert-OH is 1. The Morgan fingerprint density at radius 3 is 2.55 bits per heavy atom. The van der Waals surface area contributed by atoms with E-state index in [-0.39, 0.29) is 18.3 Å². The molecule has 1 saturated heterocycles. The molecule has 2 aromatic carbocycles. The number of amides is 1. The van der Waals surface area contributed by atoms with Gasteiger partial charge in [0.25, 0.3) is 5.91 Å². The van der Waals surface area contributed by atoms with Crippen LogP contribution in [0.2, 0.25) is 5.02 Å². The van der Waals surface area contributed by atoms with Gasteiger partial charge in [-0.15, -0.1) is 5.10 Å². The standard InChI is InChI=1S/C21H22ClN5O2/c22-17-7-4-8-18(13-17)25-9-11-26(12-10-25)21(29)20-23-15-27(24-20)14-19(28)16-5-2-1-3-6-16/h1-8,13,15,19,28H,9-12,14H2/t19-/m1/s1. The van der Waals surface area contributed by atoms with Crippen LogP contribution < -0.4 is 4.90 Å². The first kappa shape index (κ1) is 19.4. The predicted octanol–water partition coefficient (Wildman–Crippen LogP) is 2.63. The fourth-order valence-corrected chi connectivity index (χ4v) is 3.60. The highest BCUT2D eigenvalue weighted by atomic mass is 35.5. The third-order valence-electron chi connectivity index (χ3n) is 5.01. The molecule has 29 heavy (non-hydrogen) atoms. The van der Waals surface area contributed by atoms with Crippen LogP contribution in [0.15, 0.2) is 60.9 Å². The second-order valence-electron chi connectivity index (χ2n) is 6.98. The van der Waals surface area contributed by atoms with E-state index in [0.717, 1.165) is 24.3 Å². The number of anilines is 1. The van der Waals surface area contributed by atoms with E-state index in [1.54, 1.807) is 4.90 Å². The molecule has 3 aromatic rings. The lowest BCUT2D eigenvalue weighted by molar-refractivity contribution is 0.0733. The van der Waals surface area contributed by atoms with E-state index in [2.05, 4.69) is 15.0 Å². The second-order valence-corrected chi connectivity index (χ2v) is 7.41. The number of piperazine rings is 1. The Bertz CT molecular complexity index is 970. The number of carbonyl (C=O) groups is 1. The fraction of sp³-hybridized carbons (Fsp3) is 0.286. The SMILES string of the molecule is O=C(c1ncn(C[C@@H](O)c2ccccc2)n1)N1CCN(c2cccc(Cl)c2)CC1. The van der Waals surface area contributed by atoms with Gasteiger partial charge < -0.3 is 14.9 Å². The summed E-state index contributed by atoms with van der Waals surface area (Å²) in [4.78, 5) is 20.9. The molecule has 1 aliphatic heterocycles. The molecule has 7 nitrogen and oxygen atoms in total. The van der Waals surface area contributed by atoms with E-state index in [9.17, 15) is 9.90 Å². The van der Waals surface area contributed by atoms with Crippen molar-refractivity contribution in [2.75, 3.05) is 31.1 Å². The van der Waals surface area contributed by atoms with Crippen molar-refractivity contribution >= 4 is 23.2 Å². The summed E-state index contributed by atoms with van der Waals surface area (Å²) in [7, 11) is 0. The van der Waals surface area contributed by atoms with Gasteiger partial charge in [-0.2, -0.15) is 0 Å². The van der Waals surface area contributed by atoms with Crippen molar-refractivity contribution in [3.8, 4) is 0 Å². The maximum Gasteiger partial charge on any atom is 0.293 e. The largest absolute Gasteiger partial charge is 0.386 e. The van der Waals surface area contributed by atoms with Gasteiger partial charge in [-0.3, -0.25) is 4.79 Å². The number of aromatic nitrogens is 3. The number of nitrogens with zero attached hydrogens (tertiary/aromatic N) is 5. The van der Waals surface area contributed by atoms with Crippen molar-refractivity contribution in [2.24, 2.45) is 0 Å². The monoisotopic (exact) mass is 411 g/mol. The number of hydrogen-bond donors (Lipinski definition) is 1. The van der Waals surface area contributed by atoms with Crippen molar-refractivity contribution in [1.29, 1.82) is 0 Å². The number of rotatable bonds is 5. The van der Waals surface area contributed by atoms with Crippen LogP contribution in [0.1, 0.15) is 22.3 Å². The van der Waals surface area contributed by atoms with E-state index < -0.39 is 6.10 Å². The van der Waals surface area contributed by atoms with Crippen LogP contribution in [-0.4, -0.2) is 56.9 Å². The van der Waals surface area contributed by atoms with Crippen LogP contribution in [-0.2, 0) is 6.54 Å². The Hall–Kier alpha value is -2.90. The average Bonchev–Trinajstić information content (AvgIpc) is 3.22. The zero-order chi connectivity index (χ0) is 20.2. The van der Waals surface area contributed by atoms with E-state index in [1.165, 1.54) is 11.0 Å². The smallest absolute Gasteiger partial charge is 0.293 e. The molecular formula is C21H22ClN5O2. The predicted molar refractivity (Wildman–Crippen MR) is 111 cm³/mol. The molecule has 2 heterocycles. The quantitative estimate of drug-likeness (QED) is 0.698.